The van der Waals surface area contributed by atoms with Gasteiger partial charge in [0.25, 0.3) is 0 Å². The molecule has 0 aromatic carbocycles. The second-order valence-electron chi connectivity index (χ2n) is 5.80. The number of likely N-dealkylation sites (tertiary alicyclic amines) is 1. The molecular formula is C14H27IN4O2. The zero-order chi connectivity index (χ0) is 14.5. The number of guanidine groups is 1. The molecule has 0 aromatic rings. The lowest BCUT2D eigenvalue weighted by molar-refractivity contribution is -0.130. The van der Waals surface area contributed by atoms with Crippen molar-refractivity contribution in [3.63, 3.8) is 0 Å². The van der Waals surface area contributed by atoms with Crippen LogP contribution in [0.4, 0.5) is 0 Å². The van der Waals surface area contributed by atoms with E-state index in [4.69, 9.17) is 10.5 Å². The first-order chi connectivity index (χ1) is 9.56. The van der Waals surface area contributed by atoms with Crippen LogP contribution in [0.5, 0.6) is 0 Å². The number of halogens is 1. The van der Waals surface area contributed by atoms with Crippen molar-refractivity contribution in [1.82, 2.24) is 9.80 Å². The molecule has 0 radical (unpaired) electrons. The molecule has 2 N–H and O–H groups in total. The van der Waals surface area contributed by atoms with E-state index in [0.29, 0.717) is 25.0 Å². The average molecular weight is 410 g/mol. The highest BCUT2D eigenvalue weighted by molar-refractivity contribution is 14.0. The predicted octanol–water partition coefficient (Wildman–Crippen LogP) is 0.898. The topological polar surface area (TPSA) is 71.2 Å². The number of rotatable bonds is 2. The largest absolute Gasteiger partial charge is 0.375 e. The maximum Gasteiger partial charge on any atom is 0.219 e. The van der Waals surface area contributed by atoms with Crippen molar-refractivity contribution in [3.05, 3.63) is 0 Å². The lowest BCUT2D eigenvalue weighted by Gasteiger charge is -2.33. The lowest BCUT2D eigenvalue weighted by Crippen LogP contribution is -2.48. The Morgan fingerprint density at radius 3 is 2.76 bits per heavy atom. The van der Waals surface area contributed by atoms with Gasteiger partial charge in [0.1, 0.15) is 0 Å². The second kappa shape index (κ2) is 8.77. The highest BCUT2D eigenvalue weighted by Crippen LogP contribution is 2.17. The van der Waals surface area contributed by atoms with E-state index in [1.54, 1.807) is 6.92 Å². The average Bonchev–Trinajstić information content (AvgIpc) is 2.45. The number of carbonyl (C=O) groups is 1. The normalized spacial score (nSPS) is 27.2. The summed E-state index contributed by atoms with van der Waals surface area (Å²) >= 11 is 0. The SMILES string of the molecule is CC(=O)N1CCCC(CN=C(N)N2CCOC(C)C2)C1.I. The third-order valence-corrected chi connectivity index (χ3v) is 4.04. The Bertz CT molecular complexity index is 378. The minimum absolute atomic E-state index is 0. The Morgan fingerprint density at radius 2 is 2.10 bits per heavy atom. The molecule has 0 aromatic heterocycles. The number of amides is 1. The van der Waals surface area contributed by atoms with Crippen molar-refractivity contribution in [2.24, 2.45) is 16.6 Å². The van der Waals surface area contributed by atoms with Gasteiger partial charge in [0.05, 0.1) is 12.7 Å². The molecule has 2 fully saturated rings. The number of hydrogen-bond acceptors (Lipinski definition) is 3. The van der Waals surface area contributed by atoms with Gasteiger partial charge in [-0.3, -0.25) is 9.79 Å². The van der Waals surface area contributed by atoms with Crippen LogP contribution >= 0.6 is 24.0 Å². The van der Waals surface area contributed by atoms with Crippen LogP contribution in [0.2, 0.25) is 0 Å². The van der Waals surface area contributed by atoms with Gasteiger partial charge < -0.3 is 20.3 Å². The van der Waals surface area contributed by atoms with Gasteiger partial charge in [0.15, 0.2) is 5.96 Å². The van der Waals surface area contributed by atoms with E-state index < -0.39 is 0 Å². The number of nitrogens with zero attached hydrogens (tertiary/aromatic N) is 3. The summed E-state index contributed by atoms with van der Waals surface area (Å²) in [6, 6.07) is 0. The molecule has 21 heavy (non-hydrogen) atoms. The molecule has 2 unspecified atom stereocenters. The van der Waals surface area contributed by atoms with Gasteiger partial charge in [-0.25, -0.2) is 0 Å². The highest BCUT2D eigenvalue weighted by Gasteiger charge is 2.22. The summed E-state index contributed by atoms with van der Waals surface area (Å²) < 4.78 is 5.50. The number of morpholine rings is 1. The molecule has 2 atom stereocenters. The van der Waals surface area contributed by atoms with Gasteiger partial charge in [0, 0.05) is 39.6 Å². The molecule has 2 aliphatic heterocycles. The smallest absolute Gasteiger partial charge is 0.219 e. The Balaban J connectivity index is 0.00000220. The molecule has 0 bridgehead atoms. The standard InChI is InChI=1S/C14H26N4O2.HI/c1-11-9-18(6-7-20-11)14(15)16-8-13-4-3-5-17(10-13)12(2)19;/h11,13H,3-10H2,1-2H3,(H2,15,16);1H. The summed E-state index contributed by atoms with van der Waals surface area (Å²) in [5.74, 6) is 1.21. The number of carbonyl (C=O) groups excluding carboxylic acids is 1. The van der Waals surface area contributed by atoms with E-state index in [9.17, 15) is 4.79 Å². The second-order valence-corrected chi connectivity index (χ2v) is 5.80. The predicted molar refractivity (Wildman–Crippen MR) is 93.9 cm³/mol. The molecule has 1 amide bonds. The third kappa shape index (κ3) is 5.61. The number of hydrogen-bond donors (Lipinski definition) is 1. The van der Waals surface area contributed by atoms with Gasteiger partial charge in [-0.2, -0.15) is 0 Å². The summed E-state index contributed by atoms with van der Waals surface area (Å²) in [6.45, 7) is 8.40. The van der Waals surface area contributed by atoms with Gasteiger partial charge in [0.2, 0.25) is 5.91 Å². The van der Waals surface area contributed by atoms with E-state index in [1.807, 2.05) is 11.8 Å². The van der Waals surface area contributed by atoms with Crippen LogP contribution < -0.4 is 5.73 Å². The molecule has 122 valence electrons. The van der Waals surface area contributed by atoms with E-state index in [1.165, 1.54) is 0 Å². The van der Waals surface area contributed by atoms with Crippen LogP contribution in [-0.2, 0) is 9.53 Å². The fourth-order valence-electron chi connectivity index (χ4n) is 2.85. The maximum absolute atomic E-state index is 11.4. The van der Waals surface area contributed by atoms with Crippen molar-refractivity contribution in [1.29, 1.82) is 0 Å². The first-order valence-corrected chi connectivity index (χ1v) is 7.48. The molecule has 7 heteroatoms. The third-order valence-electron chi connectivity index (χ3n) is 4.04. The van der Waals surface area contributed by atoms with Crippen LogP contribution in [-0.4, -0.2) is 67.1 Å². The van der Waals surface area contributed by atoms with Crippen LogP contribution in [0.25, 0.3) is 0 Å². The van der Waals surface area contributed by atoms with Crippen molar-refractivity contribution in [2.45, 2.75) is 32.8 Å². The number of nitrogens with two attached hydrogens (primary N) is 1. The molecule has 2 rings (SSSR count). The van der Waals surface area contributed by atoms with Crippen molar-refractivity contribution >= 4 is 35.8 Å². The maximum atomic E-state index is 11.4. The van der Waals surface area contributed by atoms with E-state index in [-0.39, 0.29) is 36.0 Å². The highest BCUT2D eigenvalue weighted by atomic mass is 127. The van der Waals surface area contributed by atoms with Crippen molar-refractivity contribution in [2.75, 3.05) is 39.3 Å². The zero-order valence-corrected chi connectivity index (χ0v) is 15.3. The summed E-state index contributed by atoms with van der Waals surface area (Å²) in [6.07, 6.45) is 2.40. The Hall–Kier alpha value is -0.570. The zero-order valence-electron chi connectivity index (χ0n) is 13.0. The molecule has 6 nitrogen and oxygen atoms in total. The van der Waals surface area contributed by atoms with Gasteiger partial charge in [-0.15, -0.1) is 24.0 Å². The molecular weight excluding hydrogens is 383 g/mol. The Kier molecular flexibility index (Phi) is 7.72. The van der Waals surface area contributed by atoms with E-state index in [2.05, 4.69) is 9.89 Å². The lowest BCUT2D eigenvalue weighted by atomic mass is 9.98. The van der Waals surface area contributed by atoms with Crippen LogP contribution in [0.3, 0.4) is 0 Å². The van der Waals surface area contributed by atoms with Gasteiger partial charge in [-0.05, 0) is 25.7 Å². The quantitative estimate of drug-likeness (QED) is 0.417. The van der Waals surface area contributed by atoms with Crippen molar-refractivity contribution in [3.8, 4) is 0 Å². The van der Waals surface area contributed by atoms with Crippen LogP contribution in [0, 0.1) is 5.92 Å². The van der Waals surface area contributed by atoms with Gasteiger partial charge >= 0.3 is 0 Å². The Labute approximate surface area is 144 Å². The van der Waals surface area contributed by atoms with Gasteiger partial charge in [-0.1, -0.05) is 0 Å². The minimum atomic E-state index is 0. The molecule has 0 aliphatic carbocycles. The fourth-order valence-corrected chi connectivity index (χ4v) is 2.85. The molecule has 0 spiro atoms. The minimum Gasteiger partial charge on any atom is -0.375 e. The molecule has 0 saturated carbocycles. The molecule has 2 aliphatic rings. The summed E-state index contributed by atoms with van der Waals surface area (Å²) in [7, 11) is 0. The van der Waals surface area contributed by atoms with E-state index in [0.717, 1.165) is 39.0 Å². The monoisotopic (exact) mass is 410 g/mol. The molecule has 2 heterocycles. The first kappa shape index (κ1) is 18.5. The number of aliphatic imine (C=N–C) groups is 1. The molecule has 2 saturated heterocycles. The van der Waals surface area contributed by atoms with Crippen LogP contribution in [0.15, 0.2) is 4.99 Å². The first-order valence-electron chi connectivity index (χ1n) is 7.48. The summed E-state index contributed by atoms with van der Waals surface area (Å²) in [4.78, 5) is 19.9. The number of ether oxygens (including phenoxy) is 1. The van der Waals surface area contributed by atoms with E-state index >= 15 is 0 Å². The van der Waals surface area contributed by atoms with Crippen molar-refractivity contribution < 1.29 is 9.53 Å². The fraction of sp³-hybridized carbons (Fsp3) is 0.857. The van der Waals surface area contributed by atoms with Crippen LogP contribution in [0.1, 0.15) is 26.7 Å². The Morgan fingerprint density at radius 1 is 1.33 bits per heavy atom. The summed E-state index contributed by atoms with van der Waals surface area (Å²) in [5, 5.41) is 0. The summed E-state index contributed by atoms with van der Waals surface area (Å²) in [5.41, 5.74) is 6.06. The number of piperidine rings is 1.